The zero-order valence-electron chi connectivity index (χ0n) is 23.9. The Morgan fingerprint density at radius 1 is 1.04 bits per heavy atom. The van der Waals surface area contributed by atoms with Crippen molar-refractivity contribution in [1.82, 2.24) is 4.98 Å². The Labute approximate surface area is 254 Å². The van der Waals surface area contributed by atoms with Crippen molar-refractivity contribution in [2.45, 2.75) is 43.6 Å². The Hall–Kier alpha value is -5.02. The van der Waals surface area contributed by atoms with Gasteiger partial charge in [0.05, 0.1) is 47.0 Å². The highest BCUT2D eigenvalue weighted by atomic mass is 19.4. The van der Waals surface area contributed by atoms with Gasteiger partial charge in [0.1, 0.15) is 5.75 Å². The van der Waals surface area contributed by atoms with Crippen LogP contribution in [0.2, 0.25) is 0 Å². The van der Waals surface area contributed by atoms with Gasteiger partial charge in [-0.05, 0) is 44.0 Å². The van der Waals surface area contributed by atoms with Crippen molar-refractivity contribution in [3.63, 3.8) is 0 Å². The minimum atomic E-state index is -5.08. The van der Waals surface area contributed by atoms with Crippen molar-refractivity contribution in [3.8, 4) is 11.8 Å². The summed E-state index contributed by atoms with van der Waals surface area (Å²) < 4.78 is 44.5. The number of hydrogen-bond acceptors (Lipinski definition) is 7. The van der Waals surface area contributed by atoms with Crippen molar-refractivity contribution >= 4 is 45.0 Å². The number of rotatable bonds is 5. The number of fused-ring (bicyclic) bond motifs is 7. The van der Waals surface area contributed by atoms with E-state index in [-0.39, 0.29) is 11.8 Å². The van der Waals surface area contributed by atoms with Gasteiger partial charge in [0.25, 0.3) is 0 Å². The van der Waals surface area contributed by atoms with E-state index in [0.717, 1.165) is 33.7 Å². The average molecular weight is 618 g/mol. The SMILES string of the molecule is C[C@@]12CC[C@@](CCOc3cccc4cnccc34)(O1)[C@H]1C(=O)N(c3ccc(C#N)c4ccccc34)C(=O)[C@H]12.O=C(O)C(F)(F)F. The Morgan fingerprint density at radius 3 is 2.47 bits per heavy atom. The van der Waals surface area contributed by atoms with Crippen LogP contribution in [0.25, 0.3) is 21.5 Å². The number of anilines is 1. The van der Waals surface area contributed by atoms with Crippen LogP contribution in [0.5, 0.6) is 5.75 Å². The van der Waals surface area contributed by atoms with Gasteiger partial charge < -0.3 is 14.6 Å². The monoisotopic (exact) mass is 617 g/mol. The smallest absolute Gasteiger partial charge is 0.490 e. The average Bonchev–Trinajstić information content (AvgIpc) is 3.60. The summed E-state index contributed by atoms with van der Waals surface area (Å²) in [4.78, 5) is 42.4. The molecule has 4 aromatic rings. The third-order valence-corrected chi connectivity index (χ3v) is 8.94. The maximum Gasteiger partial charge on any atom is 0.490 e. The summed E-state index contributed by atoms with van der Waals surface area (Å²) in [5.41, 5.74) is -0.408. The number of alkyl halides is 3. The number of benzene rings is 3. The van der Waals surface area contributed by atoms with Crippen molar-refractivity contribution in [2.75, 3.05) is 11.5 Å². The summed E-state index contributed by atoms with van der Waals surface area (Å²) >= 11 is 0. The first-order chi connectivity index (χ1) is 21.4. The van der Waals surface area contributed by atoms with Gasteiger partial charge in [-0.15, -0.1) is 0 Å². The first-order valence-electron chi connectivity index (χ1n) is 14.2. The molecule has 2 amide bonds. The number of halogens is 3. The minimum absolute atomic E-state index is 0.221. The molecule has 3 saturated heterocycles. The van der Waals surface area contributed by atoms with Gasteiger partial charge in [-0.2, -0.15) is 18.4 Å². The van der Waals surface area contributed by atoms with E-state index in [0.29, 0.717) is 30.7 Å². The molecule has 0 radical (unpaired) electrons. The number of carboxylic acid groups (broad SMARTS) is 1. The number of carbonyl (C=O) groups excluding carboxylic acids is 2. The third kappa shape index (κ3) is 4.93. The molecule has 3 fully saturated rings. The zero-order chi connectivity index (χ0) is 32.1. The Kier molecular flexibility index (Phi) is 7.24. The van der Waals surface area contributed by atoms with Crippen LogP contribution in [-0.4, -0.2) is 51.9 Å². The molecular weight excluding hydrogens is 591 g/mol. The maximum atomic E-state index is 14.1. The summed E-state index contributed by atoms with van der Waals surface area (Å²) in [5, 5.41) is 20.1. The second-order valence-electron chi connectivity index (χ2n) is 11.5. The zero-order valence-corrected chi connectivity index (χ0v) is 23.9. The molecule has 1 aromatic heterocycles. The van der Waals surface area contributed by atoms with Gasteiger partial charge >= 0.3 is 12.1 Å². The molecule has 3 aliphatic heterocycles. The number of carbonyl (C=O) groups is 3. The molecular formula is C33H26F3N3O6. The van der Waals surface area contributed by atoms with E-state index in [9.17, 15) is 28.0 Å². The molecule has 3 aliphatic rings. The van der Waals surface area contributed by atoms with Crippen LogP contribution in [0.4, 0.5) is 18.9 Å². The molecule has 45 heavy (non-hydrogen) atoms. The number of carboxylic acids is 1. The van der Waals surface area contributed by atoms with Crippen LogP contribution in [0.1, 0.15) is 31.7 Å². The van der Waals surface area contributed by atoms with Crippen molar-refractivity contribution in [3.05, 3.63) is 78.6 Å². The first kappa shape index (κ1) is 30.0. The van der Waals surface area contributed by atoms with Crippen molar-refractivity contribution in [2.24, 2.45) is 11.8 Å². The van der Waals surface area contributed by atoms with E-state index in [2.05, 4.69) is 11.1 Å². The van der Waals surface area contributed by atoms with Gasteiger partial charge in [-0.1, -0.05) is 36.4 Å². The van der Waals surface area contributed by atoms with E-state index >= 15 is 0 Å². The summed E-state index contributed by atoms with van der Waals surface area (Å²) in [6.45, 7) is 2.32. The molecule has 0 saturated carbocycles. The highest BCUT2D eigenvalue weighted by Crippen LogP contribution is 2.62. The number of hydrogen-bond donors (Lipinski definition) is 1. The Balaban J connectivity index is 0.000000460. The highest BCUT2D eigenvalue weighted by Gasteiger charge is 2.73. The number of amides is 2. The number of ether oxygens (including phenoxy) is 2. The van der Waals surface area contributed by atoms with Crippen LogP contribution >= 0.6 is 0 Å². The molecule has 2 bridgehead atoms. The van der Waals surface area contributed by atoms with Crippen LogP contribution in [-0.2, 0) is 19.1 Å². The fraction of sp³-hybridized carbons (Fsp3) is 0.303. The second-order valence-corrected chi connectivity index (χ2v) is 11.5. The molecule has 0 aliphatic carbocycles. The van der Waals surface area contributed by atoms with Crippen LogP contribution in [0, 0.1) is 23.2 Å². The number of nitriles is 1. The van der Waals surface area contributed by atoms with E-state index in [1.54, 1.807) is 24.5 Å². The van der Waals surface area contributed by atoms with Crippen LogP contribution in [0.15, 0.2) is 73.1 Å². The van der Waals surface area contributed by atoms with Crippen LogP contribution < -0.4 is 9.64 Å². The van der Waals surface area contributed by atoms with Gasteiger partial charge in [-0.3, -0.25) is 14.6 Å². The lowest BCUT2D eigenvalue weighted by atomic mass is 9.67. The first-order valence-corrected chi connectivity index (χ1v) is 14.2. The highest BCUT2D eigenvalue weighted by molar-refractivity contribution is 6.26. The predicted molar refractivity (Wildman–Crippen MR) is 155 cm³/mol. The minimum Gasteiger partial charge on any atom is -0.493 e. The number of aromatic nitrogens is 1. The summed E-state index contributed by atoms with van der Waals surface area (Å²) in [6.07, 6.45) is 0.388. The predicted octanol–water partition coefficient (Wildman–Crippen LogP) is 5.79. The molecule has 0 unspecified atom stereocenters. The van der Waals surface area contributed by atoms with Gasteiger partial charge in [0, 0.05) is 40.4 Å². The Morgan fingerprint density at radius 2 is 1.76 bits per heavy atom. The van der Waals surface area contributed by atoms with Crippen molar-refractivity contribution in [1.29, 1.82) is 5.26 Å². The van der Waals surface area contributed by atoms with E-state index in [4.69, 9.17) is 19.4 Å². The molecule has 9 nitrogen and oxygen atoms in total. The molecule has 7 rings (SSSR count). The summed E-state index contributed by atoms with van der Waals surface area (Å²) in [7, 11) is 0. The number of imide groups is 1. The lowest BCUT2D eigenvalue weighted by Crippen LogP contribution is -2.43. The van der Waals surface area contributed by atoms with E-state index in [1.807, 2.05) is 55.5 Å². The number of pyridine rings is 1. The molecule has 3 aromatic carbocycles. The fourth-order valence-electron chi connectivity index (χ4n) is 6.98. The molecule has 4 atom stereocenters. The lowest BCUT2D eigenvalue weighted by molar-refractivity contribution is -0.192. The fourth-order valence-corrected chi connectivity index (χ4v) is 6.98. The van der Waals surface area contributed by atoms with E-state index < -0.39 is 35.2 Å². The lowest BCUT2D eigenvalue weighted by Gasteiger charge is -2.31. The van der Waals surface area contributed by atoms with Gasteiger partial charge in [0.2, 0.25) is 11.8 Å². The van der Waals surface area contributed by atoms with Crippen molar-refractivity contribution < 1.29 is 42.1 Å². The van der Waals surface area contributed by atoms with Gasteiger partial charge in [0.15, 0.2) is 0 Å². The maximum absolute atomic E-state index is 14.1. The van der Waals surface area contributed by atoms with Gasteiger partial charge in [-0.25, -0.2) is 9.69 Å². The molecule has 1 N–H and O–H groups in total. The molecule has 0 spiro atoms. The topological polar surface area (TPSA) is 130 Å². The molecule has 4 heterocycles. The number of nitrogens with zero attached hydrogens (tertiary/aromatic N) is 3. The third-order valence-electron chi connectivity index (χ3n) is 8.94. The standard InChI is InChI=1S/C31H25N3O4.C2HF3O2/c1-30-12-13-31(38-30,14-16-37-25-8-4-5-20-18-33-15-11-22(20)25)27-26(30)28(35)34(29(27)36)24-10-9-19(17-32)21-6-2-3-7-23(21)24;3-2(4,5)1(6)7/h2-11,15,18,26-27H,12-14,16H2,1H3;(H,6,7)/t26-,27+,30-,31-;/m0./s1. The largest absolute Gasteiger partial charge is 0.493 e. The molecule has 230 valence electrons. The second kappa shape index (κ2) is 10.9. The Bertz CT molecular complexity index is 1900. The number of aliphatic carboxylic acids is 1. The summed E-state index contributed by atoms with van der Waals surface area (Å²) in [6, 6.07) is 20.8. The summed E-state index contributed by atoms with van der Waals surface area (Å²) in [5.74, 6) is -3.55. The molecule has 12 heteroatoms. The van der Waals surface area contributed by atoms with Crippen LogP contribution in [0.3, 0.4) is 0 Å². The quantitative estimate of drug-likeness (QED) is 0.279. The van der Waals surface area contributed by atoms with E-state index in [1.165, 1.54) is 4.90 Å². The normalized spacial score (nSPS) is 25.2.